The lowest BCUT2D eigenvalue weighted by Crippen LogP contribution is -2.20. The lowest BCUT2D eigenvalue weighted by molar-refractivity contribution is -0.118. The Labute approximate surface area is 148 Å². The monoisotopic (exact) mass is 366 g/mol. The predicted molar refractivity (Wildman–Crippen MR) is 92.9 cm³/mol. The van der Waals surface area contributed by atoms with Crippen LogP contribution in [0.3, 0.4) is 0 Å². The molecule has 6 nitrogen and oxygen atoms in total. The number of hydrogen-bond donors (Lipinski definition) is 1. The number of carbonyl (C=O) groups excluding carboxylic acids is 2. The van der Waals surface area contributed by atoms with E-state index >= 15 is 0 Å². The van der Waals surface area contributed by atoms with Gasteiger partial charge in [-0.2, -0.15) is 0 Å². The summed E-state index contributed by atoms with van der Waals surface area (Å²) in [7, 11) is 0. The summed E-state index contributed by atoms with van der Waals surface area (Å²) < 4.78 is 10.3. The van der Waals surface area contributed by atoms with E-state index in [1.165, 1.54) is 6.08 Å². The maximum Gasteiger partial charge on any atom is 0.350 e. The van der Waals surface area contributed by atoms with Crippen LogP contribution in [-0.4, -0.2) is 30.1 Å². The zero-order chi connectivity index (χ0) is 17.5. The average Bonchev–Trinajstić information content (AvgIpc) is 2.92. The molecule has 0 atom stereocenters. The minimum atomic E-state index is -0.497. The van der Waals surface area contributed by atoms with Crippen LogP contribution >= 0.6 is 22.9 Å². The minimum absolute atomic E-state index is 0.118. The highest BCUT2D eigenvalue weighted by Crippen LogP contribution is 2.23. The molecule has 2 aromatic rings. The average molecular weight is 367 g/mol. The quantitative estimate of drug-likeness (QED) is 0.599. The Balaban J connectivity index is 1.90. The molecule has 0 aliphatic heterocycles. The third kappa shape index (κ3) is 5.07. The van der Waals surface area contributed by atoms with E-state index in [4.69, 9.17) is 21.1 Å². The van der Waals surface area contributed by atoms with Crippen molar-refractivity contribution in [1.82, 2.24) is 4.98 Å². The van der Waals surface area contributed by atoms with Crippen molar-refractivity contribution in [3.63, 3.8) is 0 Å². The van der Waals surface area contributed by atoms with Crippen LogP contribution in [0.15, 0.2) is 36.9 Å². The Morgan fingerprint density at radius 3 is 2.75 bits per heavy atom. The number of nitrogens with zero attached hydrogens (tertiary/aromatic N) is 1. The molecule has 0 unspecified atom stereocenters. The molecule has 126 valence electrons. The summed E-state index contributed by atoms with van der Waals surface area (Å²) in [6.07, 6.45) is 1.48. The van der Waals surface area contributed by atoms with Gasteiger partial charge >= 0.3 is 5.97 Å². The number of anilines is 1. The van der Waals surface area contributed by atoms with Gasteiger partial charge in [0.2, 0.25) is 0 Å². The third-order valence-corrected chi connectivity index (χ3v) is 4.05. The van der Waals surface area contributed by atoms with Crippen LogP contribution < -0.4 is 10.1 Å². The molecule has 0 aliphatic rings. The molecule has 1 heterocycles. The Morgan fingerprint density at radius 2 is 2.08 bits per heavy atom. The van der Waals surface area contributed by atoms with E-state index in [1.807, 2.05) is 0 Å². The van der Waals surface area contributed by atoms with Crippen LogP contribution in [0.2, 0.25) is 5.02 Å². The van der Waals surface area contributed by atoms with Crippen molar-refractivity contribution in [2.45, 2.75) is 6.92 Å². The molecule has 0 saturated carbocycles. The number of benzene rings is 1. The van der Waals surface area contributed by atoms with Gasteiger partial charge < -0.3 is 9.47 Å². The SMILES string of the molecule is C=CCOC(=O)c1sc(NC(=O)COc2ccc(Cl)cc2)nc1C. The molecule has 24 heavy (non-hydrogen) atoms. The van der Waals surface area contributed by atoms with Gasteiger partial charge in [-0.05, 0) is 31.2 Å². The Kier molecular flexibility index (Phi) is 6.34. The topological polar surface area (TPSA) is 77.5 Å². The molecular weight excluding hydrogens is 352 g/mol. The smallest absolute Gasteiger partial charge is 0.350 e. The van der Waals surface area contributed by atoms with Crippen LogP contribution in [0, 0.1) is 6.92 Å². The van der Waals surface area contributed by atoms with Gasteiger partial charge in [0.15, 0.2) is 11.7 Å². The second-order valence-electron chi connectivity index (χ2n) is 4.61. The number of thiazole rings is 1. The number of esters is 1. The fourth-order valence-corrected chi connectivity index (χ4v) is 2.68. The summed E-state index contributed by atoms with van der Waals surface area (Å²) in [5.41, 5.74) is 0.489. The van der Waals surface area contributed by atoms with Gasteiger partial charge in [0.05, 0.1) is 5.69 Å². The van der Waals surface area contributed by atoms with Crippen molar-refractivity contribution in [3.8, 4) is 5.75 Å². The molecule has 0 radical (unpaired) electrons. The molecule has 2 rings (SSSR count). The first-order valence-electron chi connectivity index (χ1n) is 6.93. The van der Waals surface area contributed by atoms with E-state index in [9.17, 15) is 9.59 Å². The number of hydrogen-bond acceptors (Lipinski definition) is 6. The van der Waals surface area contributed by atoms with Crippen molar-refractivity contribution < 1.29 is 19.1 Å². The molecule has 1 N–H and O–H groups in total. The number of rotatable bonds is 7. The molecule has 0 spiro atoms. The molecule has 0 aliphatic carbocycles. The van der Waals surface area contributed by atoms with Crippen molar-refractivity contribution in [3.05, 3.63) is 52.5 Å². The van der Waals surface area contributed by atoms with E-state index in [0.29, 0.717) is 26.5 Å². The first kappa shape index (κ1) is 18.0. The van der Waals surface area contributed by atoms with Crippen LogP contribution in [0.4, 0.5) is 5.13 Å². The summed E-state index contributed by atoms with van der Waals surface area (Å²) in [6.45, 7) is 5.08. The number of amides is 1. The van der Waals surface area contributed by atoms with Gasteiger partial charge in [0.1, 0.15) is 17.2 Å². The van der Waals surface area contributed by atoms with Gasteiger partial charge in [-0.15, -0.1) is 0 Å². The molecule has 8 heteroatoms. The number of aryl methyl sites for hydroxylation is 1. The fourth-order valence-electron chi connectivity index (χ4n) is 1.67. The van der Waals surface area contributed by atoms with Gasteiger partial charge in [0.25, 0.3) is 5.91 Å². The third-order valence-electron chi connectivity index (χ3n) is 2.74. The van der Waals surface area contributed by atoms with Crippen LogP contribution in [-0.2, 0) is 9.53 Å². The summed E-state index contributed by atoms with van der Waals surface area (Å²) >= 11 is 6.82. The van der Waals surface area contributed by atoms with E-state index < -0.39 is 5.97 Å². The second-order valence-corrected chi connectivity index (χ2v) is 6.05. The molecular formula is C16H15ClN2O4S. The molecule has 1 aromatic carbocycles. The van der Waals surface area contributed by atoms with E-state index in [1.54, 1.807) is 31.2 Å². The Hall–Kier alpha value is -2.38. The van der Waals surface area contributed by atoms with Crippen molar-refractivity contribution in [2.24, 2.45) is 0 Å². The summed E-state index contributed by atoms with van der Waals surface area (Å²) in [4.78, 5) is 28.2. The largest absolute Gasteiger partial charge is 0.484 e. The lowest BCUT2D eigenvalue weighted by atomic mass is 10.3. The molecule has 0 bridgehead atoms. The molecule has 1 amide bonds. The maximum absolute atomic E-state index is 11.9. The normalized spacial score (nSPS) is 10.1. The fraction of sp³-hybridized carbons (Fsp3) is 0.188. The van der Waals surface area contributed by atoms with E-state index in [-0.39, 0.29) is 19.1 Å². The van der Waals surface area contributed by atoms with E-state index in [0.717, 1.165) is 11.3 Å². The highest BCUT2D eigenvalue weighted by molar-refractivity contribution is 7.17. The minimum Gasteiger partial charge on any atom is -0.484 e. The summed E-state index contributed by atoms with van der Waals surface area (Å²) in [5, 5.41) is 3.48. The van der Waals surface area contributed by atoms with Crippen LogP contribution in [0.1, 0.15) is 15.4 Å². The Bertz CT molecular complexity index is 743. The van der Waals surface area contributed by atoms with Crippen molar-refractivity contribution >= 4 is 39.9 Å². The zero-order valence-corrected chi connectivity index (χ0v) is 14.4. The summed E-state index contributed by atoms with van der Waals surface area (Å²) in [5.74, 6) is -0.355. The molecule has 0 fully saturated rings. The van der Waals surface area contributed by atoms with Gasteiger partial charge in [-0.25, -0.2) is 9.78 Å². The van der Waals surface area contributed by atoms with Crippen molar-refractivity contribution in [1.29, 1.82) is 0 Å². The predicted octanol–water partition coefficient (Wildman–Crippen LogP) is 3.47. The van der Waals surface area contributed by atoms with Gasteiger partial charge in [-0.3, -0.25) is 10.1 Å². The zero-order valence-electron chi connectivity index (χ0n) is 12.9. The first-order chi connectivity index (χ1) is 11.5. The number of carbonyl (C=O) groups is 2. The standard InChI is InChI=1S/C16H15ClN2O4S/c1-3-8-22-15(21)14-10(2)18-16(24-14)19-13(20)9-23-12-6-4-11(17)5-7-12/h3-7H,1,8-9H2,2H3,(H,18,19,20). The van der Waals surface area contributed by atoms with Gasteiger partial charge in [-0.1, -0.05) is 35.6 Å². The highest BCUT2D eigenvalue weighted by atomic mass is 35.5. The highest BCUT2D eigenvalue weighted by Gasteiger charge is 2.17. The van der Waals surface area contributed by atoms with Crippen LogP contribution in [0.25, 0.3) is 0 Å². The molecule has 0 saturated heterocycles. The Morgan fingerprint density at radius 1 is 1.38 bits per heavy atom. The summed E-state index contributed by atoms with van der Waals surface area (Å²) in [6, 6.07) is 6.66. The lowest BCUT2D eigenvalue weighted by Gasteiger charge is -2.05. The van der Waals surface area contributed by atoms with Crippen LogP contribution in [0.5, 0.6) is 5.75 Å². The second kappa shape index (κ2) is 8.47. The van der Waals surface area contributed by atoms with Gasteiger partial charge in [0, 0.05) is 5.02 Å². The molecule has 1 aromatic heterocycles. The first-order valence-corrected chi connectivity index (χ1v) is 8.12. The van der Waals surface area contributed by atoms with E-state index in [2.05, 4.69) is 16.9 Å². The number of nitrogens with one attached hydrogen (secondary N) is 1. The van der Waals surface area contributed by atoms with Crippen molar-refractivity contribution in [2.75, 3.05) is 18.5 Å². The number of halogens is 1. The number of ether oxygens (including phenoxy) is 2. The number of aromatic nitrogens is 1. The maximum atomic E-state index is 11.9.